The molecule has 1 fully saturated rings. The topological polar surface area (TPSA) is 77.8 Å². The number of carbonyl (C=O) groups is 2. The largest absolute Gasteiger partial charge is 0.468 e. The number of likely N-dealkylation sites (N-methyl/N-ethyl adjacent to an activating group) is 1. The van der Waals surface area contributed by atoms with E-state index in [-0.39, 0.29) is 18.0 Å². The predicted octanol–water partition coefficient (Wildman–Crippen LogP) is 3.58. The minimum Gasteiger partial charge on any atom is -0.468 e. The van der Waals surface area contributed by atoms with E-state index < -0.39 is 0 Å². The molecule has 0 spiro atoms. The maximum Gasteiger partial charge on any atom is 0.319 e. The summed E-state index contributed by atoms with van der Waals surface area (Å²) in [6, 6.07) is 10.4. The van der Waals surface area contributed by atoms with Gasteiger partial charge in [0.15, 0.2) is 0 Å². The minimum absolute atomic E-state index is 0.0528. The Balaban J connectivity index is 1.51. The Morgan fingerprint density at radius 3 is 2.45 bits per heavy atom. The van der Waals surface area contributed by atoms with Crippen LogP contribution >= 0.6 is 0 Å². The Kier molecular flexibility index (Phi) is 6.93. The highest BCUT2D eigenvalue weighted by molar-refractivity contribution is 5.95. The maximum atomic E-state index is 12.6. The number of hydrogen-bond acceptors (Lipinski definition) is 4. The molecule has 1 saturated heterocycles. The van der Waals surface area contributed by atoms with Crippen molar-refractivity contribution in [3.05, 3.63) is 54.0 Å². The third kappa shape index (κ3) is 5.60. The monoisotopic (exact) mass is 398 g/mol. The first kappa shape index (κ1) is 20.9. The van der Waals surface area contributed by atoms with Crippen LogP contribution in [0.3, 0.4) is 0 Å². The highest BCUT2D eigenvalue weighted by Gasteiger charge is 2.21. The number of urea groups is 1. The van der Waals surface area contributed by atoms with Crippen LogP contribution in [0.25, 0.3) is 0 Å². The number of likely N-dealkylation sites (tertiary alicyclic amines) is 1. The Bertz CT molecular complexity index is 794. The molecule has 0 radical (unpaired) electrons. The van der Waals surface area contributed by atoms with Gasteiger partial charge in [-0.3, -0.25) is 9.69 Å². The smallest absolute Gasteiger partial charge is 0.319 e. The van der Waals surface area contributed by atoms with Crippen molar-refractivity contribution >= 4 is 17.6 Å². The van der Waals surface area contributed by atoms with Crippen molar-refractivity contribution in [3.8, 4) is 0 Å². The molecule has 29 heavy (non-hydrogen) atoms. The van der Waals surface area contributed by atoms with Gasteiger partial charge in [-0.2, -0.15) is 0 Å². The molecule has 1 aromatic heterocycles. The molecule has 2 N–H and O–H groups in total. The molecular weight excluding hydrogens is 368 g/mol. The highest BCUT2D eigenvalue weighted by atomic mass is 16.3. The molecule has 1 aromatic carbocycles. The van der Waals surface area contributed by atoms with Gasteiger partial charge in [-0.1, -0.05) is 6.92 Å². The van der Waals surface area contributed by atoms with E-state index in [0.29, 0.717) is 23.7 Å². The van der Waals surface area contributed by atoms with Crippen molar-refractivity contribution < 1.29 is 14.0 Å². The van der Waals surface area contributed by atoms with Crippen LogP contribution in [0.4, 0.5) is 10.5 Å². The second kappa shape index (κ2) is 9.60. The molecule has 0 saturated carbocycles. The number of anilines is 1. The van der Waals surface area contributed by atoms with E-state index in [1.165, 1.54) is 0 Å². The lowest BCUT2D eigenvalue weighted by Crippen LogP contribution is -2.38. The fourth-order valence-electron chi connectivity index (χ4n) is 3.47. The van der Waals surface area contributed by atoms with Gasteiger partial charge in [0.1, 0.15) is 5.76 Å². The first-order valence-corrected chi connectivity index (χ1v) is 10.1. The van der Waals surface area contributed by atoms with Gasteiger partial charge >= 0.3 is 6.03 Å². The van der Waals surface area contributed by atoms with Crippen LogP contribution in [-0.4, -0.2) is 55.5 Å². The van der Waals surface area contributed by atoms with Gasteiger partial charge in [0.25, 0.3) is 5.91 Å². The molecule has 1 unspecified atom stereocenters. The number of hydrogen-bond donors (Lipinski definition) is 2. The van der Waals surface area contributed by atoms with Crippen molar-refractivity contribution in [2.75, 3.05) is 39.0 Å². The number of carbonyl (C=O) groups excluding carboxylic acids is 2. The van der Waals surface area contributed by atoms with Gasteiger partial charge in [0, 0.05) is 30.9 Å². The Hall–Kier alpha value is -2.80. The molecule has 7 nitrogen and oxygen atoms in total. The van der Waals surface area contributed by atoms with Gasteiger partial charge < -0.3 is 20.0 Å². The third-order valence-corrected chi connectivity index (χ3v) is 5.41. The predicted molar refractivity (Wildman–Crippen MR) is 113 cm³/mol. The molecule has 2 aromatic rings. The first-order chi connectivity index (χ1) is 13.9. The first-order valence-electron chi connectivity index (χ1n) is 10.1. The second-order valence-electron chi connectivity index (χ2n) is 7.88. The average molecular weight is 399 g/mol. The Labute approximate surface area is 172 Å². The van der Waals surface area contributed by atoms with Crippen molar-refractivity contribution in [3.63, 3.8) is 0 Å². The van der Waals surface area contributed by atoms with E-state index in [2.05, 4.69) is 17.6 Å². The number of piperidine rings is 1. The maximum absolute atomic E-state index is 12.6. The number of amides is 3. The van der Waals surface area contributed by atoms with Crippen LogP contribution in [-0.2, 0) is 0 Å². The molecule has 3 rings (SSSR count). The molecule has 2 heterocycles. The van der Waals surface area contributed by atoms with Crippen LogP contribution in [0.1, 0.15) is 41.9 Å². The van der Waals surface area contributed by atoms with Crippen molar-refractivity contribution in [2.24, 2.45) is 5.92 Å². The van der Waals surface area contributed by atoms with Gasteiger partial charge in [-0.25, -0.2) is 4.79 Å². The zero-order valence-electron chi connectivity index (χ0n) is 17.4. The van der Waals surface area contributed by atoms with E-state index in [9.17, 15) is 9.59 Å². The van der Waals surface area contributed by atoms with Gasteiger partial charge in [-0.05, 0) is 69.3 Å². The quantitative estimate of drug-likeness (QED) is 0.780. The summed E-state index contributed by atoms with van der Waals surface area (Å²) < 4.78 is 5.45. The van der Waals surface area contributed by atoms with Crippen molar-refractivity contribution in [1.29, 1.82) is 0 Å². The normalized spacial score (nSPS) is 15.9. The Morgan fingerprint density at radius 2 is 1.86 bits per heavy atom. The molecule has 3 amide bonds. The summed E-state index contributed by atoms with van der Waals surface area (Å²) in [7, 11) is 3.87. The minimum atomic E-state index is -0.299. The highest BCUT2D eigenvalue weighted by Crippen LogP contribution is 2.20. The lowest BCUT2D eigenvalue weighted by Gasteiger charge is -2.30. The number of nitrogens with zero attached hydrogens (tertiary/aromatic N) is 2. The fraction of sp³-hybridized carbons (Fsp3) is 0.455. The molecule has 156 valence electrons. The van der Waals surface area contributed by atoms with E-state index in [1.807, 2.05) is 36.0 Å². The summed E-state index contributed by atoms with van der Waals surface area (Å²) in [5, 5.41) is 5.68. The van der Waals surface area contributed by atoms with Gasteiger partial charge in [0.2, 0.25) is 0 Å². The van der Waals surface area contributed by atoms with Crippen LogP contribution < -0.4 is 10.6 Å². The molecule has 1 atom stereocenters. The number of furan rings is 1. The molecule has 0 bridgehead atoms. The lowest BCUT2D eigenvalue weighted by molar-refractivity contribution is 0.0697. The molecular formula is C22H30N4O3. The number of nitrogens with one attached hydrogen (secondary N) is 2. The summed E-state index contributed by atoms with van der Waals surface area (Å²) >= 11 is 0. The zero-order chi connectivity index (χ0) is 20.8. The lowest BCUT2D eigenvalue weighted by atomic mass is 9.98. The van der Waals surface area contributed by atoms with Gasteiger partial charge in [-0.15, -0.1) is 0 Å². The molecule has 7 heteroatoms. The zero-order valence-corrected chi connectivity index (χ0v) is 17.4. The van der Waals surface area contributed by atoms with Crippen LogP contribution in [0, 0.1) is 5.92 Å². The summed E-state index contributed by atoms with van der Waals surface area (Å²) in [6.45, 7) is 4.26. The molecule has 1 aliphatic rings. The fourth-order valence-corrected chi connectivity index (χ4v) is 3.47. The number of benzene rings is 1. The van der Waals surface area contributed by atoms with E-state index in [4.69, 9.17) is 4.42 Å². The average Bonchev–Trinajstić information content (AvgIpc) is 3.23. The molecule has 0 aliphatic carbocycles. The summed E-state index contributed by atoms with van der Waals surface area (Å²) in [6.07, 6.45) is 3.73. The third-order valence-electron chi connectivity index (χ3n) is 5.41. The van der Waals surface area contributed by atoms with Gasteiger partial charge in [0.05, 0.1) is 12.3 Å². The van der Waals surface area contributed by atoms with Crippen LogP contribution in [0.15, 0.2) is 47.1 Å². The van der Waals surface area contributed by atoms with E-state index in [0.717, 1.165) is 31.7 Å². The summed E-state index contributed by atoms with van der Waals surface area (Å²) in [4.78, 5) is 28.8. The van der Waals surface area contributed by atoms with Crippen LogP contribution in [0.2, 0.25) is 0 Å². The van der Waals surface area contributed by atoms with E-state index >= 15 is 0 Å². The van der Waals surface area contributed by atoms with Crippen LogP contribution in [0.5, 0.6) is 0 Å². The summed E-state index contributed by atoms with van der Waals surface area (Å²) in [5.74, 6) is 1.54. The van der Waals surface area contributed by atoms with E-state index in [1.54, 1.807) is 30.5 Å². The van der Waals surface area contributed by atoms with Crippen molar-refractivity contribution in [1.82, 2.24) is 15.1 Å². The number of rotatable bonds is 6. The SMILES string of the molecule is CC1CCN(C(=O)c2ccc(NC(=O)NCC(c3ccco3)N(C)C)cc2)CC1. The summed E-state index contributed by atoms with van der Waals surface area (Å²) in [5.41, 5.74) is 1.29. The standard InChI is InChI=1S/C22H30N4O3/c1-16-10-12-26(13-11-16)21(27)17-6-8-18(9-7-17)24-22(28)23-15-19(25(2)3)20-5-4-14-29-20/h4-9,14,16,19H,10-13,15H2,1-3H3,(H2,23,24,28). The van der Waals surface area contributed by atoms with Crippen molar-refractivity contribution in [2.45, 2.75) is 25.8 Å². The second-order valence-corrected chi connectivity index (χ2v) is 7.88. The molecule has 1 aliphatic heterocycles. The Morgan fingerprint density at radius 1 is 1.17 bits per heavy atom.